The van der Waals surface area contributed by atoms with Crippen molar-refractivity contribution in [3.05, 3.63) is 54.1 Å². The van der Waals surface area contributed by atoms with Crippen LogP contribution >= 0.6 is 27.5 Å². The number of ether oxygens (including phenoxy) is 2. The van der Waals surface area contributed by atoms with Crippen molar-refractivity contribution in [3.63, 3.8) is 0 Å². The summed E-state index contributed by atoms with van der Waals surface area (Å²) in [6, 6.07) is 4.26. The van der Waals surface area contributed by atoms with E-state index >= 15 is 0 Å². The Balaban J connectivity index is 1.65. The third-order valence-corrected chi connectivity index (χ3v) is 9.52. The van der Waals surface area contributed by atoms with E-state index in [1.807, 2.05) is 13.0 Å². The minimum atomic E-state index is -1.30. The van der Waals surface area contributed by atoms with Gasteiger partial charge in [0.1, 0.15) is 17.7 Å². The topological polar surface area (TPSA) is 125 Å². The van der Waals surface area contributed by atoms with Gasteiger partial charge in [-0.2, -0.15) is 0 Å². The number of likely N-dealkylation sites (tertiary alicyclic amines) is 1. The van der Waals surface area contributed by atoms with Gasteiger partial charge < -0.3 is 29.7 Å². The smallest absolute Gasteiger partial charge is 0.312 e. The fraction of sp³-hybridized carbons (Fsp3) is 0.548. The molecule has 3 aliphatic rings. The highest BCUT2D eigenvalue weighted by Crippen LogP contribution is 2.60. The molecule has 1 aromatic rings. The number of carbonyl (C=O) groups is 4. The molecule has 0 saturated carbocycles. The molecule has 2 bridgehead atoms. The molecule has 0 radical (unpaired) electrons. The second kappa shape index (κ2) is 13.9. The number of alkyl halides is 1. The van der Waals surface area contributed by atoms with E-state index in [0.29, 0.717) is 23.6 Å². The van der Waals surface area contributed by atoms with Gasteiger partial charge in [0.15, 0.2) is 0 Å². The van der Waals surface area contributed by atoms with Crippen molar-refractivity contribution in [3.8, 4) is 0 Å². The van der Waals surface area contributed by atoms with E-state index in [1.165, 1.54) is 9.80 Å². The Labute approximate surface area is 265 Å². The number of aliphatic hydroxyl groups excluding tert-OH is 1. The van der Waals surface area contributed by atoms with Crippen molar-refractivity contribution in [1.29, 1.82) is 0 Å². The monoisotopic (exact) mass is 679 g/mol. The number of amides is 3. The maximum Gasteiger partial charge on any atom is 0.312 e. The van der Waals surface area contributed by atoms with Gasteiger partial charge >= 0.3 is 5.97 Å². The van der Waals surface area contributed by atoms with Crippen LogP contribution in [0, 0.1) is 18.8 Å². The summed E-state index contributed by atoms with van der Waals surface area (Å²) in [6.45, 7) is 11.1. The Kier molecular flexibility index (Phi) is 10.7. The quantitative estimate of drug-likeness (QED) is 0.176. The average Bonchev–Trinajstić information content (AvgIpc) is 3.56. The fourth-order valence-corrected chi connectivity index (χ4v) is 7.86. The van der Waals surface area contributed by atoms with Crippen LogP contribution in [0.5, 0.6) is 0 Å². The Morgan fingerprint density at radius 1 is 1.35 bits per heavy atom. The van der Waals surface area contributed by atoms with E-state index in [4.69, 9.17) is 21.1 Å². The number of hydrogen-bond donors (Lipinski definition) is 2. The largest absolute Gasteiger partial charge is 0.460 e. The summed E-state index contributed by atoms with van der Waals surface area (Å²) in [5, 5.41) is 12.7. The Hall–Kier alpha value is -2.73. The van der Waals surface area contributed by atoms with E-state index in [9.17, 15) is 24.3 Å². The van der Waals surface area contributed by atoms with Crippen molar-refractivity contribution < 1.29 is 33.8 Å². The minimum Gasteiger partial charge on any atom is -0.460 e. The molecule has 3 amide bonds. The predicted octanol–water partition coefficient (Wildman–Crippen LogP) is 3.31. The molecule has 234 valence electrons. The molecule has 3 saturated heterocycles. The number of carbonyl (C=O) groups excluding carboxylic acids is 4. The second-order valence-corrected chi connectivity index (χ2v) is 12.9. The molecule has 0 aliphatic carbocycles. The lowest BCUT2D eigenvalue weighted by Gasteiger charge is -2.37. The second-order valence-electron chi connectivity index (χ2n) is 11.3. The average molecular weight is 681 g/mol. The number of anilines is 1. The number of hydrogen-bond acceptors (Lipinski definition) is 7. The van der Waals surface area contributed by atoms with Crippen LogP contribution in [-0.2, 0) is 28.7 Å². The van der Waals surface area contributed by atoms with Gasteiger partial charge in [-0.15, -0.1) is 13.2 Å². The number of allylic oxidation sites excluding steroid dienone is 1. The van der Waals surface area contributed by atoms with E-state index in [-0.39, 0.29) is 49.8 Å². The van der Waals surface area contributed by atoms with E-state index in [0.717, 1.165) is 5.56 Å². The van der Waals surface area contributed by atoms with Gasteiger partial charge in [-0.05, 0) is 44.7 Å². The lowest BCUT2D eigenvalue weighted by Crippen LogP contribution is -2.57. The van der Waals surface area contributed by atoms with E-state index in [1.54, 1.807) is 31.2 Å². The molecule has 43 heavy (non-hydrogen) atoms. The lowest BCUT2D eigenvalue weighted by atomic mass is 9.70. The van der Waals surface area contributed by atoms with Gasteiger partial charge in [-0.1, -0.05) is 51.8 Å². The first kappa shape index (κ1) is 33.2. The molecule has 0 aromatic heterocycles. The molecule has 3 heterocycles. The number of rotatable bonds is 14. The predicted molar refractivity (Wildman–Crippen MR) is 166 cm³/mol. The minimum absolute atomic E-state index is 0.101. The van der Waals surface area contributed by atoms with Crippen LogP contribution in [0.15, 0.2) is 43.5 Å². The molecule has 7 atom stereocenters. The van der Waals surface area contributed by atoms with Gasteiger partial charge in [-0.25, -0.2) is 0 Å². The number of aryl methyl sites for hydroxylation is 1. The van der Waals surface area contributed by atoms with Crippen LogP contribution in [0.2, 0.25) is 5.02 Å². The molecule has 2 N–H and O–H groups in total. The Bertz CT molecular complexity index is 1260. The summed E-state index contributed by atoms with van der Waals surface area (Å²) in [5.74, 6) is -3.53. The highest BCUT2D eigenvalue weighted by Gasteiger charge is 2.77. The zero-order chi connectivity index (χ0) is 31.5. The number of esters is 1. The molecule has 1 spiro atoms. The van der Waals surface area contributed by atoms with Crippen LogP contribution in [0.25, 0.3) is 0 Å². The molecule has 3 aliphatic heterocycles. The SMILES string of the molecule is C=CCCC(=O)NC[C@@H](C)OC(=O)[C@@H]1[C@H]2O[C@@]3(CC2Br)[C@H](C(=O)N(CC=C)c2c(C)cccc2Cl)N(CCCO)C(=O)[C@@H]13. The first-order valence-corrected chi connectivity index (χ1v) is 15.8. The van der Waals surface area contributed by atoms with Gasteiger partial charge in [-0.3, -0.25) is 19.2 Å². The normalized spacial score (nSPS) is 27.9. The maximum atomic E-state index is 14.6. The van der Waals surface area contributed by atoms with Gasteiger partial charge in [0, 0.05) is 30.9 Å². The van der Waals surface area contributed by atoms with E-state index < -0.39 is 53.5 Å². The summed E-state index contributed by atoms with van der Waals surface area (Å²) in [4.78, 5) is 57.0. The first-order valence-electron chi connectivity index (χ1n) is 14.5. The maximum absolute atomic E-state index is 14.6. The van der Waals surface area contributed by atoms with Crippen molar-refractivity contribution in [2.45, 2.75) is 68.2 Å². The van der Waals surface area contributed by atoms with Gasteiger partial charge in [0.25, 0.3) is 5.91 Å². The standard InChI is InChI=1S/C31H39BrClN3O7/c1-5-7-12-22(38)34-17-19(4)42-30(41)23-24-28(39)36(14-9-15-37)27(31(24)16-20(32)26(23)43-31)29(40)35(13-6-2)25-18(3)10-8-11-21(25)33/h5-6,8,10-11,19-20,23-24,26-27,37H,1-2,7,9,12-17H2,3-4H3,(H,34,38)/t19-,20?,23+,24-,26+,27+,31-/m1/s1. The number of para-hydroxylation sites is 1. The summed E-state index contributed by atoms with van der Waals surface area (Å²) >= 11 is 10.2. The zero-order valence-corrected chi connectivity index (χ0v) is 26.8. The van der Waals surface area contributed by atoms with E-state index in [2.05, 4.69) is 34.4 Å². The Morgan fingerprint density at radius 3 is 2.74 bits per heavy atom. The highest BCUT2D eigenvalue weighted by molar-refractivity contribution is 9.09. The summed E-state index contributed by atoms with van der Waals surface area (Å²) in [7, 11) is 0. The third-order valence-electron chi connectivity index (χ3n) is 8.37. The van der Waals surface area contributed by atoms with Crippen LogP contribution in [0.1, 0.15) is 38.2 Å². The zero-order valence-electron chi connectivity index (χ0n) is 24.5. The molecule has 1 aromatic carbocycles. The third kappa shape index (κ3) is 6.27. The lowest BCUT2D eigenvalue weighted by molar-refractivity contribution is -0.159. The van der Waals surface area contributed by atoms with Crippen LogP contribution < -0.4 is 10.2 Å². The van der Waals surface area contributed by atoms with Crippen LogP contribution in [0.3, 0.4) is 0 Å². The summed E-state index contributed by atoms with van der Waals surface area (Å²) in [5.41, 5.74) is -0.0283. The van der Waals surface area contributed by atoms with Crippen molar-refractivity contribution in [1.82, 2.24) is 10.2 Å². The van der Waals surface area contributed by atoms with Gasteiger partial charge in [0.05, 0.1) is 35.2 Å². The van der Waals surface area contributed by atoms with Crippen molar-refractivity contribution >= 4 is 56.9 Å². The number of fused-ring (bicyclic) bond motifs is 1. The number of nitrogens with zero attached hydrogens (tertiary/aromatic N) is 2. The molecular weight excluding hydrogens is 642 g/mol. The molecular formula is C31H39BrClN3O7. The first-order chi connectivity index (χ1) is 20.5. The van der Waals surface area contributed by atoms with Crippen molar-refractivity contribution in [2.24, 2.45) is 11.8 Å². The number of benzene rings is 1. The molecule has 1 unspecified atom stereocenters. The van der Waals surface area contributed by atoms with Gasteiger partial charge in [0.2, 0.25) is 11.8 Å². The number of nitrogens with one attached hydrogen (secondary N) is 1. The number of aliphatic hydroxyl groups is 1. The fourth-order valence-electron chi connectivity index (χ4n) is 6.59. The number of halogens is 2. The molecule has 3 fully saturated rings. The summed E-state index contributed by atoms with van der Waals surface area (Å²) < 4.78 is 12.3. The molecule has 12 heteroatoms. The Morgan fingerprint density at radius 2 is 2.09 bits per heavy atom. The van der Waals surface area contributed by atoms with Crippen LogP contribution in [0.4, 0.5) is 5.69 Å². The van der Waals surface area contributed by atoms with Crippen LogP contribution in [-0.4, -0.2) is 88.6 Å². The molecule has 10 nitrogen and oxygen atoms in total. The molecule has 4 rings (SSSR count). The summed E-state index contributed by atoms with van der Waals surface area (Å²) in [6.07, 6.45) is 3.26. The van der Waals surface area contributed by atoms with Crippen molar-refractivity contribution in [2.75, 3.05) is 31.1 Å². The highest BCUT2D eigenvalue weighted by atomic mass is 79.9.